The molecule has 8 atom stereocenters. The Kier molecular flexibility index (Phi) is 4.91. The standard InChI is InChI=1S/C25H43N/c1-25(2)22-12-6-5-11-20(22)21-15-14-18(16-23(21)25)26-24-13-7-9-17-8-3-4-10-19(17)24/h17-24,26H,3-16H2,1-2H3. The Morgan fingerprint density at radius 1 is 0.615 bits per heavy atom. The van der Waals surface area contributed by atoms with Crippen LogP contribution < -0.4 is 5.32 Å². The SMILES string of the molecule is CC1(C)C2CCCCC2C2CCC(NC3CCCC4CCCCC43)CC21. The highest BCUT2D eigenvalue weighted by molar-refractivity contribution is 5.06. The van der Waals surface area contributed by atoms with Gasteiger partial charge in [-0.2, -0.15) is 0 Å². The number of hydrogen-bond donors (Lipinski definition) is 1. The Morgan fingerprint density at radius 3 is 2.19 bits per heavy atom. The van der Waals surface area contributed by atoms with Crippen LogP contribution in [0.1, 0.15) is 104 Å². The summed E-state index contributed by atoms with van der Waals surface area (Å²) in [6, 6.07) is 1.70. The maximum absolute atomic E-state index is 4.29. The lowest BCUT2D eigenvalue weighted by Crippen LogP contribution is -2.50. The molecule has 0 amide bonds. The van der Waals surface area contributed by atoms with Crippen molar-refractivity contribution in [2.45, 2.75) is 116 Å². The van der Waals surface area contributed by atoms with Crippen LogP contribution in [0.5, 0.6) is 0 Å². The van der Waals surface area contributed by atoms with Gasteiger partial charge in [0.2, 0.25) is 0 Å². The summed E-state index contributed by atoms with van der Waals surface area (Å²) in [6.07, 6.45) is 21.2. The summed E-state index contributed by atoms with van der Waals surface area (Å²) in [5.74, 6) is 6.30. The van der Waals surface area contributed by atoms with Crippen LogP contribution in [0.25, 0.3) is 0 Å². The number of nitrogens with one attached hydrogen (secondary N) is 1. The maximum Gasteiger partial charge on any atom is 0.0101 e. The van der Waals surface area contributed by atoms with Crippen LogP contribution in [-0.4, -0.2) is 12.1 Å². The molecular weight excluding hydrogens is 314 g/mol. The Bertz CT molecular complexity index is 494. The predicted molar refractivity (Wildman–Crippen MR) is 110 cm³/mol. The van der Waals surface area contributed by atoms with E-state index >= 15 is 0 Å². The molecule has 1 nitrogen and oxygen atoms in total. The molecule has 5 saturated carbocycles. The summed E-state index contributed by atoms with van der Waals surface area (Å²) in [5, 5.41) is 4.29. The average molecular weight is 358 g/mol. The predicted octanol–water partition coefficient (Wildman–Crippen LogP) is 6.57. The second-order valence-electron chi connectivity index (χ2n) is 11.6. The highest BCUT2D eigenvalue weighted by Gasteiger charge is 2.56. The zero-order chi connectivity index (χ0) is 17.7. The third kappa shape index (κ3) is 2.99. The van der Waals surface area contributed by atoms with E-state index in [1.165, 1.54) is 83.5 Å². The number of fused-ring (bicyclic) bond motifs is 4. The van der Waals surface area contributed by atoms with Crippen LogP contribution in [0.15, 0.2) is 0 Å². The monoisotopic (exact) mass is 357 g/mol. The fourth-order valence-corrected chi connectivity index (χ4v) is 9.03. The van der Waals surface area contributed by atoms with Crippen molar-refractivity contribution in [1.82, 2.24) is 5.32 Å². The summed E-state index contributed by atoms with van der Waals surface area (Å²) in [6.45, 7) is 5.31. The van der Waals surface area contributed by atoms with Gasteiger partial charge < -0.3 is 5.32 Å². The van der Waals surface area contributed by atoms with Crippen LogP contribution in [0.3, 0.4) is 0 Å². The van der Waals surface area contributed by atoms with E-state index in [2.05, 4.69) is 19.2 Å². The molecule has 0 bridgehead atoms. The topological polar surface area (TPSA) is 12.0 Å². The van der Waals surface area contributed by atoms with Gasteiger partial charge in [0.1, 0.15) is 0 Å². The number of rotatable bonds is 2. The molecule has 1 N–H and O–H groups in total. The molecule has 0 spiro atoms. The first-order chi connectivity index (χ1) is 12.6. The lowest BCUT2D eigenvalue weighted by molar-refractivity contribution is 0.0810. The molecule has 5 rings (SSSR count). The summed E-state index contributed by atoms with van der Waals surface area (Å²) < 4.78 is 0. The highest BCUT2D eigenvalue weighted by atomic mass is 15.0. The molecule has 8 unspecified atom stereocenters. The van der Waals surface area contributed by atoms with Crippen LogP contribution in [0.2, 0.25) is 0 Å². The van der Waals surface area contributed by atoms with E-state index in [0.29, 0.717) is 5.41 Å². The second-order valence-corrected chi connectivity index (χ2v) is 11.6. The van der Waals surface area contributed by atoms with Crippen molar-refractivity contribution >= 4 is 0 Å². The van der Waals surface area contributed by atoms with Gasteiger partial charge in [0.05, 0.1) is 0 Å². The summed E-state index contributed by atoms with van der Waals surface area (Å²) >= 11 is 0. The third-order valence-corrected chi connectivity index (χ3v) is 10.2. The van der Waals surface area contributed by atoms with Gasteiger partial charge in [-0.25, -0.2) is 0 Å². The molecule has 0 aromatic heterocycles. The van der Waals surface area contributed by atoms with E-state index in [1.54, 1.807) is 6.42 Å². The van der Waals surface area contributed by atoms with E-state index in [0.717, 1.165) is 47.6 Å². The lowest BCUT2D eigenvalue weighted by atomic mass is 9.66. The first-order valence-corrected chi connectivity index (χ1v) is 12.4. The van der Waals surface area contributed by atoms with Crippen molar-refractivity contribution in [3.8, 4) is 0 Å². The molecule has 0 heterocycles. The van der Waals surface area contributed by atoms with Crippen LogP contribution in [0, 0.1) is 40.9 Å². The molecule has 0 aromatic carbocycles. The molecule has 0 saturated heterocycles. The Hall–Kier alpha value is -0.0400. The minimum absolute atomic E-state index is 0.607. The lowest BCUT2D eigenvalue weighted by Gasteiger charge is -2.46. The van der Waals surface area contributed by atoms with Crippen LogP contribution in [-0.2, 0) is 0 Å². The molecule has 0 aromatic rings. The van der Waals surface area contributed by atoms with E-state index in [9.17, 15) is 0 Å². The maximum atomic E-state index is 4.29. The van der Waals surface area contributed by atoms with Gasteiger partial charge in [-0.05, 0) is 85.9 Å². The molecular formula is C25H43N. The van der Waals surface area contributed by atoms with Crippen molar-refractivity contribution in [2.75, 3.05) is 0 Å². The van der Waals surface area contributed by atoms with Gasteiger partial charge in [-0.3, -0.25) is 0 Å². The van der Waals surface area contributed by atoms with Gasteiger partial charge in [-0.15, -0.1) is 0 Å². The average Bonchev–Trinajstić information content (AvgIpc) is 2.90. The zero-order valence-corrected chi connectivity index (χ0v) is 17.5. The first-order valence-electron chi connectivity index (χ1n) is 12.4. The molecule has 5 fully saturated rings. The fraction of sp³-hybridized carbons (Fsp3) is 1.00. The minimum Gasteiger partial charge on any atom is -0.311 e. The zero-order valence-electron chi connectivity index (χ0n) is 17.5. The van der Waals surface area contributed by atoms with E-state index in [4.69, 9.17) is 0 Å². The number of hydrogen-bond acceptors (Lipinski definition) is 1. The van der Waals surface area contributed by atoms with E-state index < -0.39 is 0 Å². The van der Waals surface area contributed by atoms with Crippen molar-refractivity contribution in [3.05, 3.63) is 0 Å². The van der Waals surface area contributed by atoms with Gasteiger partial charge in [0, 0.05) is 12.1 Å². The largest absolute Gasteiger partial charge is 0.311 e. The fourth-order valence-electron chi connectivity index (χ4n) is 9.03. The molecule has 148 valence electrons. The van der Waals surface area contributed by atoms with Crippen molar-refractivity contribution < 1.29 is 0 Å². The van der Waals surface area contributed by atoms with E-state index in [-0.39, 0.29) is 0 Å². The highest BCUT2D eigenvalue weighted by Crippen LogP contribution is 2.63. The molecule has 0 radical (unpaired) electrons. The van der Waals surface area contributed by atoms with Gasteiger partial charge in [0.15, 0.2) is 0 Å². The van der Waals surface area contributed by atoms with Crippen molar-refractivity contribution in [3.63, 3.8) is 0 Å². The Labute approximate surface area is 162 Å². The Morgan fingerprint density at radius 2 is 1.31 bits per heavy atom. The molecule has 26 heavy (non-hydrogen) atoms. The molecule has 5 aliphatic rings. The van der Waals surface area contributed by atoms with E-state index in [1.807, 2.05) is 0 Å². The Balaban J connectivity index is 1.26. The van der Waals surface area contributed by atoms with Gasteiger partial charge in [-0.1, -0.05) is 58.8 Å². The normalized spacial score (nSPS) is 50.5. The molecule has 1 heteroatoms. The van der Waals surface area contributed by atoms with Crippen LogP contribution in [0.4, 0.5) is 0 Å². The van der Waals surface area contributed by atoms with Crippen LogP contribution >= 0.6 is 0 Å². The summed E-state index contributed by atoms with van der Waals surface area (Å²) in [5.41, 5.74) is 0.607. The van der Waals surface area contributed by atoms with Gasteiger partial charge >= 0.3 is 0 Å². The molecule has 0 aliphatic heterocycles. The summed E-state index contributed by atoms with van der Waals surface area (Å²) in [7, 11) is 0. The van der Waals surface area contributed by atoms with Gasteiger partial charge in [0.25, 0.3) is 0 Å². The van der Waals surface area contributed by atoms with Crippen molar-refractivity contribution in [2.24, 2.45) is 40.9 Å². The third-order valence-electron chi connectivity index (χ3n) is 10.2. The smallest absolute Gasteiger partial charge is 0.0101 e. The summed E-state index contributed by atoms with van der Waals surface area (Å²) in [4.78, 5) is 0. The first kappa shape index (κ1) is 18.0. The molecule has 5 aliphatic carbocycles. The second kappa shape index (κ2) is 7.09. The quantitative estimate of drug-likeness (QED) is 0.589. The van der Waals surface area contributed by atoms with Crippen molar-refractivity contribution in [1.29, 1.82) is 0 Å². The minimum atomic E-state index is 0.607.